The molecule has 0 radical (unpaired) electrons. The number of nitrogens with zero attached hydrogens (tertiary/aromatic N) is 1. The predicted octanol–water partition coefficient (Wildman–Crippen LogP) is 3.60. The van der Waals surface area contributed by atoms with Crippen molar-refractivity contribution < 1.29 is 13.2 Å². The highest BCUT2D eigenvalue weighted by atomic mass is 19.4. The van der Waals surface area contributed by atoms with Gasteiger partial charge in [0.05, 0.1) is 24.0 Å². The van der Waals surface area contributed by atoms with E-state index in [-0.39, 0.29) is 0 Å². The summed E-state index contributed by atoms with van der Waals surface area (Å²) in [5.41, 5.74) is 0.755. The highest BCUT2D eigenvalue weighted by molar-refractivity contribution is 5.58. The molecule has 0 atom stereocenters. The third kappa shape index (κ3) is 3.60. The number of rotatable bonds is 5. The molecule has 2 N–H and O–H groups in total. The van der Waals surface area contributed by atoms with Gasteiger partial charge in [0.1, 0.15) is 5.82 Å². The van der Waals surface area contributed by atoms with E-state index in [0.717, 1.165) is 30.9 Å². The number of benzene rings is 1. The van der Waals surface area contributed by atoms with E-state index in [1.165, 1.54) is 12.1 Å². The summed E-state index contributed by atoms with van der Waals surface area (Å²) in [5, 5.41) is 3.20. The van der Waals surface area contributed by atoms with Gasteiger partial charge in [-0.3, -0.25) is 0 Å². The SMILES string of the molecule is CCCNCc1ncc(-c2ccc(C(F)(F)F)cc2)[nH]1. The second kappa shape index (κ2) is 6.09. The van der Waals surface area contributed by atoms with Gasteiger partial charge in [0.15, 0.2) is 0 Å². The van der Waals surface area contributed by atoms with Crippen molar-refractivity contribution in [3.05, 3.63) is 41.9 Å². The summed E-state index contributed by atoms with van der Waals surface area (Å²) < 4.78 is 37.4. The molecule has 1 aromatic heterocycles. The van der Waals surface area contributed by atoms with Gasteiger partial charge in [-0.25, -0.2) is 4.98 Å². The summed E-state index contributed by atoms with van der Waals surface area (Å²) in [5.74, 6) is 0.772. The molecule has 108 valence electrons. The average molecular weight is 283 g/mol. The second-order valence-corrected chi connectivity index (χ2v) is 4.50. The van der Waals surface area contributed by atoms with Gasteiger partial charge in [-0.1, -0.05) is 19.1 Å². The van der Waals surface area contributed by atoms with Crippen molar-refractivity contribution in [1.29, 1.82) is 0 Å². The molecule has 0 amide bonds. The first kappa shape index (κ1) is 14.6. The summed E-state index contributed by atoms with van der Waals surface area (Å²) in [6.45, 7) is 3.59. The molecule has 0 fully saturated rings. The van der Waals surface area contributed by atoms with Crippen LogP contribution < -0.4 is 5.32 Å². The normalized spacial score (nSPS) is 11.8. The van der Waals surface area contributed by atoms with E-state index in [0.29, 0.717) is 17.8 Å². The van der Waals surface area contributed by atoms with E-state index in [9.17, 15) is 13.2 Å². The third-order valence-electron chi connectivity index (χ3n) is 2.87. The Labute approximate surface area is 115 Å². The van der Waals surface area contributed by atoms with Gasteiger partial charge in [-0.2, -0.15) is 13.2 Å². The zero-order valence-electron chi connectivity index (χ0n) is 11.1. The summed E-state index contributed by atoms with van der Waals surface area (Å²) in [6.07, 6.45) is -1.64. The first-order valence-corrected chi connectivity index (χ1v) is 6.43. The molecule has 20 heavy (non-hydrogen) atoms. The first-order chi connectivity index (χ1) is 9.50. The maximum absolute atomic E-state index is 12.5. The minimum absolute atomic E-state index is 0.620. The van der Waals surface area contributed by atoms with Crippen LogP contribution in [0.1, 0.15) is 24.7 Å². The fraction of sp³-hybridized carbons (Fsp3) is 0.357. The minimum atomic E-state index is -4.30. The van der Waals surface area contributed by atoms with Crippen molar-refractivity contribution in [2.45, 2.75) is 26.1 Å². The molecule has 0 saturated heterocycles. The Hall–Kier alpha value is -1.82. The van der Waals surface area contributed by atoms with Crippen molar-refractivity contribution in [2.75, 3.05) is 6.54 Å². The van der Waals surface area contributed by atoms with Crippen molar-refractivity contribution >= 4 is 0 Å². The van der Waals surface area contributed by atoms with Gasteiger partial charge in [-0.05, 0) is 30.7 Å². The van der Waals surface area contributed by atoms with Gasteiger partial charge in [0.25, 0.3) is 0 Å². The van der Waals surface area contributed by atoms with Crippen molar-refractivity contribution in [2.24, 2.45) is 0 Å². The van der Waals surface area contributed by atoms with Crippen LogP contribution in [0.2, 0.25) is 0 Å². The zero-order chi connectivity index (χ0) is 14.6. The van der Waals surface area contributed by atoms with Crippen LogP contribution in [-0.2, 0) is 12.7 Å². The molecule has 0 aliphatic carbocycles. The average Bonchev–Trinajstić information content (AvgIpc) is 2.87. The van der Waals surface area contributed by atoms with Crippen LogP contribution in [0.4, 0.5) is 13.2 Å². The van der Waals surface area contributed by atoms with Crippen LogP contribution in [0.5, 0.6) is 0 Å². The van der Waals surface area contributed by atoms with Gasteiger partial charge in [0, 0.05) is 0 Å². The standard InChI is InChI=1S/C14H16F3N3/c1-2-7-18-9-13-19-8-12(20-13)10-3-5-11(6-4-10)14(15,16)17/h3-6,8,18H,2,7,9H2,1H3,(H,19,20). The molecule has 0 bridgehead atoms. The molecule has 1 heterocycles. The fourth-order valence-corrected chi connectivity index (χ4v) is 1.82. The van der Waals surface area contributed by atoms with E-state index in [2.05, 4.69) is 22.2 Å². The molecule has 0 aliphatic rings. The third-order valence-corrected chi connectivity index (χ3v) is 2.87. The Morgan fingerprint density at radius 2 is 1.90 bits per heavy atom. The van der Waals surface area contributed by atoms with Crippen molar-refractivity contribution in [3.8, 4) is 11.3 Å². The molecule has 3 nitrogen and oxygen atoms in total. The van der Waals surface area contributed by atoms with Gasteiger partial charge < -0.3 is 10.3 Å². The monoisotopic (exact) mass is 283 g/mol. The fourth-order valence-electron chi connectivity index (χ4n) is 1.82. The van der Waals surface area contributed by atoms with Crippen LogP contribution in [0.15, 0.2) is 30.5 Å². The highest BCUT2D eigenvalue weighted by Gasteiger charge is 2.29. The largest absolute Gasteiger partial charge is 0.416 e. The molecule has 0 spiro atoms. The highest BCUT2D eigenvalue weighted by Crippen LogP contribution is 2.30. The Morgan fingerprint density at radius 1 is 1.20 bits per heavy atom. The molecule has 0 unspecified atom stereocenters. The Bertz CT molecular complexity index is 544. The topological polar surface area (TPSA) is 40.7 Å². The molecule has 0 aliphatic heterocycles. The van der Waals surface area contributed by atoms with Gasteiger partial charge >= 0.3 is 6.18 Å². The Kier molecular flexibility index (Phi) is 4.44. The number of aromatic nitrogens is 2. The second-order valence-electron chi connectivity index (χ2n) is 4.50. The lowest BCUT2D eigenvalue weighted by Crippen LogP contribution is -2.14. The van der Waals surface area contributed by atoms with E-state index in [1.54, 1.807) is 6.20 Å². The molecular formula is C14H16F3N3. The van der Waals surface area contributed by atoms with Gasteiger partial charge in [-0.15, -0.1) is 0 Å². The summed E-state index contributed by atoms with van der Waals surface area (Å²) in [4.78, 5) is 7.29. The minimum Gasteiger partial charge on any atom is -0.341 e. The van der Waals surface area contributed by atoms with E-state index >= 15 is 0 Å². The van der Waals surface area contributed by atoms with Gasteiger partial charge in [0.2, 0.25) is 0 Å². The molecule has 0 saturated carbocycles. The van der Waals surface area contributed by atoms with E-state index in [4.69, 9.17) is 0 Å². The molecule has 2 aromatic rings. The summed E-state index contributed by atoms with van der Waals surface area (Å²) in [6, 6.07) is 5.04. The molecular weight excluding hydrogens is 267 g/mol. The van der Waals surface area contributed by atoms with Crippen LogP contribution >= 0.6 is 0 Å². The summed E-state index contributed by atoms with van der Waals surface area (Å²) in [7, 11) is 0. The van der Waals surface area contributed by atoms with E-state index < -0.39 is 11.7 Å². The smallest absolute Gasteiger partial charge is 0.341 e. The quantitative estimate of drug-likeness (QED) is 0.823. The maximum atomic E-state index is 12.5. The van der Waals surface area contributed by atoms with Crippen LogP contribution in [0, 0.1) is 0 Å². The maximum Gasteiger partial charge on any atom is 0.416 e. The number of H-pyrrole nitrogens is 1. The number of halogens is 3. The van der Waals surface area contributed by atoms with Crippen molar-refractivity contribution in [3.63, 3.8) is 0 Å². The Morgan fingerprint density at radius 3 is 2.50 bits per heavy atom. The van der Waals surface area contributed by atoms with Crippen LogP contribution in [-0.4, -0.2) is 16.5 Å². The number of aromatic amines is 1. The number of nitrogens with one attached hydrogen (secondary N) is 2. The lowest BCUT2D eigenvalue weighted by molar-refractivity contribution is -0.137. The lowest BCUT2D eigenvalue weighted by Gasteiger charge is -2.06. The molecule has 6 heteroatoms. The number of hydrogen-bond acceptors (Lipinski definition) is 2. The molecule has 2 rings (SSSR count). The predicted molar refractivity (Wildman–Crippen MR) is 71.0 cm³/mol. The number of alkyl halides is 3. The zero-order valence-corrected chi connectivity index (χ0v) is 11.1. The Balaban J connectivity index is 2.08. The molecule has 1 aromatic carbocycles. The summed E-state index contributed by atoms with van der Waals surface area (Å²) >= 11 is 0. The number of hydrogen-bond donors (Lipinski definition) is 2. The van der Waals surface area contributed by atoms with Crippen LogP contribution in [0.3, 0.4) is 0 Å². The number of imidazole rings is 1. The first-order valence-electron chi connectivity index (χ1n) is 6.43. The van der Waals surface area contributed by atoms with Crippen LogP contribution in [0.25, 0.3) is 11.3 Å². The lowest BCUT2D eigenvalue weighted by atomic mass is 10.1. The van der Waals surface area contributed by atoms with E-state index in [1.807, 2.05) is 0 Å². The van der Waals surface area contributed by atoms with Crippen molar-refractivity contribution in [1.82, 2.24) is 15.3 Å².